The van der Waals surface area contributed by atoms with E-state index in [0.29, 0.717) is 5.69 Å². The fourth-order valence-electron chi connectivity index (χ4n) is 3.74. The van der Waals surface area contributed by atoms with Crippen LogP contribution in [0.4, 0.5) is 5.69 Å². The molecule has 0 unspecified atom stereocenters. The molecule has 2 amide bonds. The SMILES string of the molecule is Cc1ccccc1N1C(=O)[C@@H]2[C@H]3C=C[C@@](CO)(O3)[C@H]2C1=O. The van der Waals surface area contributed by atoms with Crippen molar-refractivity contribution in [1.29, 1.82) is 0 Å². The van der Waals surface area contributed by atoms with Crippen molar-refractivity contribution in [3.05, 3.63) is 42.0 Å². The minimum Gasteiger partial charge on any atom is -0.393 e. The summed E-state index contributed by atoms with van der Waals surface area (Å²) < 4.78 is 5.70. The van der Waals surface area contributed by atoms with Crippen LogP contribution in [0, 0.1) is 18.8 Å². The van der Waals surface area contributed by atoms with E-state index in [4.69, 9.17) is 4.74 Å². The lowest BCUT2D eigenvalue weighted by Crippen LogP contribution is -2.43. The smallest absolute Gasteiger partial charge is 0.241 e. The Balaban J connectivity index is 1.81. The molecule has 0 saturated carbocycles. The van der Waals surface area contributed by atoms with E-state index in [1.807, 2.05) is 25.1 Å². The number of carbonyl (C=O) groups is 2. The van der Waals surface area contributed by atoms with Gasteiger partial charge in [0.05, 0.1) is 30.2 Å². The van der Waals surface area contributed by atoms with E-state index in [1.54, 1.807) is 18.2 Å². The van der Waals surface area contributed by atoms with Crippen LogP contribution < -0.4 is 4.90 Å². The molecule has 2 bridgehead atoms. The largest absolute Gasteiger partial charge is 0.393 e. The molecule has 1 aromatic carbocycles. The van der Waals surface area contributed by atoms with Gasteiger partial charge in [0.1, 0.15) is 5.60 Å². The van der Waals surface area contributed by atoms with Crippen LogP contribution in [0.3, 0.4) is 0 Å². The molecule has 0 spiro atoms. The van der Waals surface area contributed by atoms with Crippen LogP contribution in [0.1, 0.15) is 5.56 Å². The standard InChI is InChI=1S/C16H15NO4/c1-9-4-2-3-5-10(9)17-14(19)12-11-6-7-16(8-18,21-11)13(12)15(17)20/h2-7,11-13,18H,8H2,1H3/t11-,12-,13-,16+/m1/s1. The van der Waals surface area contributed by atoms with Gasteiger partial charge < -0.3 is 9.84 Å². The highest BCUT2D eigenvalue weighted by Crippen LogP contribution is 2.52. The number of aliphatic hydroxyl groups is 1. The second kappa shape index (κ2) is 4.02. The van der Waals surface area contributed by atoms with Crippen molar-refractivity contribution in [3.8, 4) is 0 Å². The first-order valence-electron chi connectivity index (χ1n) is 7.00. The number of hydrogen-bond donors (Lipinski definition) is 1. The molecule has 3 heterocycles. The van der Waals surface area contributed by atoms with Crippen LogP contribution in [0.2, 0.25) is 0 Å². The summed E-state index contributed by atoms with van der Waals surface area (Å²) in [7, 11) is 0. The summed E-state index contributed by atoms with van der Waals surface area (Å²) in [6.07, 6.45) is 3.10. The average Bonchev–Trinajstić information content (AvgIpc) is 3.12. The normalized spacial score (nSPS) is 36.7. The molecule has 4 rings (SSSR count). The van der Waals surface area contributed by atoms with Gasteiger partial charge in [-0.2, -0.15) is 0 Å². The van der Waals surface area contributed by atoms with E-state index in [2.05, 4.69) is 0 Å². The minimum atomic E-state index is -1.03. The molecule has 21 heavy (non-hydrogen) atoms. The number of ether oxygens (including phenoxy) is 1. The Morgan fingerprint density at radius 1 is 1.29 bits per heavy atom. The average molecular weight is 285 g/mol. The molecule has 0 aliphatic carbocycles. The number of fused-ring (bicyclic) bond motifs is 5. The number of nitrogens with zero attached hydrogens (tertiary/aromatic N) is 1. The molecule has 3 aliphatic heterocycles. The zero-order valence-electron chi connectivity index (χ0n) is 11.5. The maximum atomic E-state index is 12.8. The van der Waals surface area contributed by atoms with Crippen molar-refractivity contribution in [3.63, 3.8) is 0 Å². The molecule has 2 fully saturated rings. The molecule has 2 saturated heterocycles. The Morgan fingerprint density at radius 2 is 2.05 bits per heavy atom. The van der Waals surface area contributed by atoms with Gasteiger partial charge in [0.25, 0.3) is 0 Å². The van der Waals surface area contributed by atoms with Crippen LogP contribution in [-0.4, -0.2) is 35.2 Å². The maximum Gasteiger partial charge on any atom is 0.241 e. The Bertz CT molecular complexity index is 683. The molecule has 108 valence electrons. The lowest BCUT2D eigenvalue weighted by Gasteiger charge is -2.26. The van der Waals surface area contributed by atoms with Crippen molar-refractivity contribution in [2.45, 2.75) is 18.6 Å². The van der Waals surface area contributed by atoms with E-state index in [0.717, 1.165) is 5.56 Å². The number of hydrogen-bond acceptors (Lipinski definition) is 4. The lowest BCUT2D eigenvalue weighted by atomic mass is 9.77. The highest BCUT2D eigenvalue weighted by atomic mass is 16.5. The monoisotopic (exact) mass is 285 g/mol. The number of amides is 2. The van der Waals surface area contributed by atoms with Crippen molar-refractivity contribution < 1.29 is 19.4 Å². The van der Waals surface area contributed by atoms with Gasteiger partial charge in [-0.1, -0.05) is 30.4 Å². The Morgan fingerprint density at radius 3 is 2.76 bits per heavy atom. The van der Waals surface area contributed by atoms with E-state index in [1.165, 1.54) is 4.90 Å². The Labute approximate surface area is 121 Å². The topological polar surface area (TPSA) is 66.8 Å². The van der Waals surface area contributed by atoms with E-state index in [9.17, 15) is 14.7 Å². The summed E-state index contributed by atoms with van der Waals surface area (Å²) in [5.74, 6) is -1.65. The summed E-state index contributed by atoms with van der Waals surface area (Å²) in [5.41, 5.74) is 0.465. The van der Waals surface area contributed by atoms with Gasteiger partial charge in [-0.3, -0.25) is 9.59 Å². The molecule has 5 nitrogen and oxygen atoms in total. The summed E-state index contributed by atoms with van der Waals surface area (Å²) in [4.78, 5) is 26.8. The molecular formula is C16H15NO4. The fourth-order valence-corrected chi connectivity index (χ4v) is 3.74. The maximum absolute atomic E-state index is 12.8. The zero-order valence-corrected chi connectivity index (χ0v) is 11.5. The predicted octanol–water partition coefficient (Wildman–Crippen LogP) is 0.800. The van der Waals surface area contributed by atoms with Crippen LogP contribution in [0.5, 0.6) is 0 Å². The first kappa shape index (κ1) is 12.7. The summed E-state index contributed by atoms with van der Waals surface area (Å²) in [5, 5.41) is 9.65. The van der Waals surface area contributed by atoms with Crippen LogP contribution in [0.15, 0.2) is 36.4 Å². The van der Waals surface area contributed by atoms with Crippen molar-refractivity contribution in [1.82, 2.24) is 0 Å². The van der Waals surface area contributed by atoms with E-state index >= 15 is 0 Å². The van der Waals surface area contributed by atoms with Gasteiger partial charge in [0, 0.05) is 0 Å². The molecule has 0 aromatic heterocycles. The third-order valence-corrected chi connectivity index (χ3v) is 4.76. The quantitative estimate of drug-likeness (QED) is 0.645. The lowest BCUT2D eigenvalue weighted by molar-refractivity contribution is -0.128. The van der Waals surface area contributed by atoms with Gasteiger partial charge in [-0.05, 0) is 18.6 Å². The van der Waals surface area contributed by atoms with Crippen molar-refractivity contribution in [2.24, 2.45) is 11.8 Å². The number of rotatable bonds is 2. The second-order valence-corrected chi connectivity index (χ2v) is 5.86. The summed E-state index contributed by atoms with van der Waals surface area (Å²) in [6, 6.07) is 7.32. The Hall–Kier alpha value is -1.98. The number of imide groups is 1. The zero-order chi connectivity index (χ0) is 14.8. The Kier molecular flexibility index (Phi) is 2.44. The van der Waals surface area contributed by atoms with E-state index < -0.39 is 23.5 Å². The third-order valence-electron chi connectivity index (χ3n) is 4.76. The van der Waals surface area contributed by atoms with E-state index in [-0.39, 0.29) is 18.4 Å². The first-order chi connectivity index (χ1) is 10.1. The summed E-state index contributed by atoms with van der Waals surface area (Å²) >= 11 is 0. The van der Waals surface area contributed by atoms with Gasteiger partial charge in [0.2, 0.25) is 11.8 Å². The van der Waals surface area contributed by atoms with Crippen molar-refractivity contribution in [2.75, 3.05) is 11.5 Å². The fraction of sp³-hybridized carbons (Fsp3) is 0.375. The number of anilines is 1. The third kappa shape index (κ3) is 1.42. The molecule has 1 N–H and O–H groups in total. The second-order valence-electron chi connectivity index (χ2n) is 5.86. The minimum absolute atomic E-state index is 0.232. The predicted molar refractivity (Wildman–Crippen MR) is 74.5 cm³/mol. The molecular weight excluding hydrogens is 270 g/mol. The van der Waals surface area contributed by atoms with Gasteiger partial charge in [0.15, 0.2) is 0 Å². The first-order valence-corrected chi connectivity index (χ1v) is 7.00. The van der Waals surface area contributed by atoms with Crippen LogP contribution in [-0.2, 0) is 14.3 Å². The van der Waals surface area contributed by atoms with Crippen molar-refractivity contribution >= 4 is 17.5 Å². The van der Waals surface area contributed by atoms with Crippen LogP contribution >= 0.6 is 0 Å². The van der Waals surface area contributed by atoms with Gasteiger partial charge >= 0.3 is 0 Å². The number of aliphatic hydroxyl groups excluding tert-OH is 1. The highest BCUT2D eigenvalue weighted by Gasteiger charge is 2.67. The number of carbonyl (C=O) groups excluding carboxylic acids is 2. The van der Waals surface area contributed by atoms with Gasteiger partial charge in [-0.15, -0.1) is 0 Å². The molecule has 1 aromatic rings. The van der Waals surface area contributed by atoms with Crippen LogP contribution in [0.25, 0.3) is 0 Å². The molecule has 5 heteroatoms. The summed E-state index contributed by atoms with van der Waals surface area (Å²) in [6.45, 7) is 1.58. The molecule has 0 radical (unpaired) electrons. The number of para-hydroxylation sites is 1. The highest BCUT2D eigenvalue weighted by molar-refractivity contribution is 6.23. The number of benzene rings is 1. The van der Waals surface area contributed by atoms with Gasteiger partial charge in [-0.25, -0.2) is 4.90 Å². The molecule has 3 aliphatic rings. The number of aryl methyl sites for hydroxylation is 1. The molecule has 4 atom stereocenters.